The predicted molar refractivity (Wildman–Crippen MR) is 107 cm³/mol. The van der Waals surface area contributed by atoms with Crippen LogP contribution in [-0.2, 0) is 14.1 Å². The van der Waals surface area contributed by atoms with E-state index in [0.717, 1.165) is 43.3 Å². The van der Waals surface area contributed by atoms with Crippen molar-refractivity contribution in [2.45, 2.75) is 18.9 Å². The zero-order valence-corrected chi connectivity index (χ0v) is 16.6. The lowest BCUT2D eigenvalue weighted by molar-refractivity contribution is 0.508. The third-order valence-electron chi connectivity index (χ3n) is 5.31. The lowest BCUT2D eigenvalue weighted by atomic mass is 10.1. The molecule has 12 heteroatoms. The number of aromatic nitrogens is 9. The number of aryl methyl sites for hydroxylation is 2. The van der Waals surface area contributed by atoms with Crippen molar-refractivity contribution in [2.75, 3.05) is 23.3 Å². The molecule has 1 saturated heterocycles. The molecule has 0 bridgehead atoms. The van der Waals surface area contributed by atoms with Crippen LogP contribution in [-0.4, -0.2) is 63.8 Å². The highest BCUT2D eigenvalue weighted by Crippen LogP contribution is 2.26. The van der Waals surface area contributed by atoms with E-state index < -0.39 is 6.08 Å². The maximum atomic E-state index is 14.0. The summed E-state index contributed by atoms with van der Waals surface area (Å²) >= 11 is 0. The van der Waals surface area contributed by atoms with Gasteiger partial charge in [-0.1, -0.05) is 5.10 Å². The molecule has 1 fully saturated rings. The van der Waals surface area contributed by atoms with Crippen molar-refractivity contribution in [2.24, 2.45) is 14.1 Å². The Morgan fingerprint density at radius 1 is 1.10 bits per heavy atom. The van der Waals surface area contributed by atoms with Crippen LogP contribution in [0.4, 0.5) is 16.2 Å². The Labute approximate surface area is 171 Å². The first-order chi connectivity index (χ1) is 14.6. The molecule has 4 aromatic rings. The quantitative estimate of drug-likeness (QED) is 0.496. The van der Waals surface area contributed by atoms with Crippen LogP contribution in [0.1, 0.15) is 12.8 Å². The van der Waals surface area contributed by atoms with Gasteiger partial charge in [0.05, 0.1) is 29.4 Å². The van der Waals surface area contributed by atoms with Crippen LogP contribution < -0.4 is 10.2 Å². The highest BCUT2D eigenvalue weighted by atomic mass is 19.1. The largest absolute Gasteiger partial charge is 0.365 e. The minimum Gasteiger partial charge on any atom is -0.365 e. The molecule has 0 radical (unpaired) electrons. The van der Waals surface area contributed by atoms with Crippen LogP contribution in [0.25, 0.3) is 22.4 Å². The average Bonchev–Trinajstić information content (AvgIpc) is 3.36. The van der Waals surface area contributed by atoms with E-state index in [0.29, 0.717) is 16.9 Å². The third-order valence-corrected chi connectivity index (χ3v) is 5.31. The first kappa shape index (κ1) is 18.3. The predicted octanol–water partition coefficient (Wildman–Crippen LogP) is 1.17. The molecular formula is C18H20FN11. The molecule has 0 spiro atoms. The molecule has 0 aliphatic carbocycles. The van der Waals surface area contributed by atoms with Crippen LogP contribution in [0.3, 0.4) is 0 Å². The van der Waals surface area contributed by atoms with Crippen molar-refractivity contribution in [1.82, 2.24) is 44.7 Å². The molecule has 5 heterocycles. The highest BCUT2D eigenvalue weighted by Gasteiger charge is 2.24. The van der Waals surface area contributed by atoms with Gasteiger partial charge in [0.2, 0.25) is 5.95 Å². The van der Waals surface area contributed by atoms with Crippen LogP contribution in [0, 0.1) is 6.08 Å². The minimum absolute atomic E-state index is 0.127. The lowest BCUT2D eigenvalue weighted by Crippen LogP contribution is -2.40. The molecule has 5 rings (SSSR count). The second kappa shape index (κ2) is 7.28. The smallest absolute Gasteiger partial charge is 0.311 e. The van der Waals surface area contributed by atoms with E-state index in [1.165, 1.54) is 0 Å². The van der Waals surface area contributed by atoms with Gasteiger partial charge < -0.3 is 14.8 Å². The number of nitrogens with one attached hydrogen (secondary N) is 1. The molecule has 1 aliphatic heterocycles. The molecular weight excluding hydrogens is 389 g/mol. The molecule has 30 heavy (non-hydrogen) atoms. The molecule has 4 aromatic heterocycles. The van der Waals surface area contributed by atoms with Gasteiger partial charge in [0, 0.05) is 33.2 Å². The summed E-state index contributed by atoms with van der Waals surface area (Å²) in [6.07, 6.45) is 4.34. The number of anilines is 2. The van der Waals surface area contributed by atoms with Gasteiger partial charge in [0.25, 0.3) is 0 Å². The Morgan fingerprint density at radius 3 is 2.63 bits per heavy atom. The Kier molecular flexibility index (Phi) is 4.45. The Morgan fingerprint density at radius 2 is 1.93 bits per heavy atom. The Balaban J connectivity index is 1.40. The number of pyridine rings is 1. The summed E-state index contributed by atoms with van der Waals surface area (Å²) in [6.45, 7) is 1.57. The summed E-state index contributed by atoms with van der Waals surface area (Å²) in [7, 11) is 3.72. The van der Waals surface area contributed by atoms with E-state index in [2.05, 4.69) is 40.7 Å². The van der Waals surface area contributed by atoms with Crippen LogP contribution in [0.2, 0.25) is 0 Å². The van der Waals surface area contributed by atoms with Gasteiger partial charge in [-0.15, -0.1) is 0 Å². The maximum absolute atomic E-state index is 14.0. The topological polar surface area (TPSA) is 115 Å². The van der Waals surface area contributed by atoms with E-state index in [1.807, 2.05) is 24.7 Å². The summed E-state index contributed by atoms with van der Waals surface area (Å²) < 4.78 is 17.6. The van der Waals surface area contributed by atoms with Crippen LogP contribution in [0.5, 0.6) is 0 Å². The third kappa shape index (κ3) is 3.29. The number of halogens is 1. The van der Waals surface area contributed by atoms with Gasteiger partial charge in [-0.25, -0.2) is 19.6 Å². The van der Waals surface area contributed by atoms with E-state index in [4.69, 9.17) is 4.98 Å². The monoisotopic (exact) mass is 409 g/mol. The van der Waals surface area contributed by atoms with Crippen LogP contribution >= 0.6 is 0 Å². The molecule has 0 amide bonds. The molecule has 0 aromatic carbocycles. The number of nitrogens with zero attached hydrogens (tertiary/aromatic N) is 10. The minimum atomic E-state index is -0.775. The number of rotatable bonds is 4. The molecule has 0 atom stereocenters. The van der Waals surface area contributed by atoms with Crippen molar-refractivity contribution < 1.29 is 4.39 Å². The van der Waals surface area contributed by atoms with Crippen molar-refractivity contribution in [3.05, 3.63) is 30.7 Å². The van der Waals surface area contributed by atoms with Gasteiger partial charge in [0.15, 0.2) is 5.82 Å². The summed E-state index contributed by atoms with van der Waals surface area (Å²) in [5, 5.41) is 15.0. The van der Waals surface area contributed by atoms with Gasteiger partial charge in [-0.3, -0.25) is 0 Å². The highest BCUT2D eigenvalue weighted by molar-refractivity contribution is 5.86. The van der Waals surface area contributed by atoms with Crippen molar-refractivity contribution in [3.8, 4) is 11.4 Å². The van der Waals surface area contributed by atoms with Crippen molar-refractivity contribution in [1.29, 1.82) is 0 Å². The number of imidazole rings is 1. The fourth-order valence-corrected chi connectivity index (χ4v) is 3.74. The number of piperidine rings is 1. The van der Waals surface area contributed by atoms with Gasteiger partial charge in [-0.05, 0) is 35.4 Å². The summed E-state index contributed by atoms with van der Waals surface area (Å²) in [4.78, 5) is 18.9. The van der Waals surface area contributed by atoms with Crippen molar-refractivity contribution >= 4 is 22.8 Å². The number of fused-ring (bicyclic) bond motifs is 1. The average molecular weight is 409 g/mol. The molecule has 1 aliphatic rings. The summed E-state index contributed by atoms with van der Waals surface area (Å²) in [5.41, 5.74) is 2.58. The number of tetrazole rings is 1. The zero-order chi connectivity index (χ0) is 20.7. The standard InChI is InChI=1S/C18H20FN11/c1-28-10-20-9-14(28)12-3-4-13-15(22-12)16(24-17(19)23-13)21-11-5-7-30(8-6-11)18-25-26-27-29(18)2/h3-4,9-11H,5-8H2,1-2H3,(H,21,23,24). The van der Waals surface area contributed by atoms with E-state index in [-0.39, 0.29) is 6.04 Å². The summed E-state index contributed by atoms with van der Waals surface area (Å²) in [5.74, 6) is 1.15. The Bertz CT molecular complexity index is 1190. The lowest BCUT2D eigenvalue weighted by Gasteiger charge is -2.32. The van der Waals surface area contributed by atoms with Gasteiger partial charge in [0.1, 0.15) is 5.52 Å². The second-order valence-corrected chi connectivity index (χ2v) is 7.30. The molecule has 1 N–H and O–H groups in total. The molecule has 154 valence electrons. The first-order valence-electron chi connectivity index (χ1n) is 9.63. The number of hydrogen-bond acceptors (Lipinski definition) is 9. The fourth-order valence-electron chi connectivity index (χ4n) is 3.74. The molecule has 11 nitrogen and oxygen atoms in total. The normalized spacial score (nSPS) is 15.1. The number of hydrogen-bond donors (Lipinski definition) is 1. The van der Waals surface area contributed by atoms with Gasteiger partial charge >= 0.3 is 6.08 Å². The van der Waals surface area contributed by atoms with E-state index >= 15 is 0 Å². The molecule has 0 saturated carbocycles. The molecule has 0 unspecified atom stereocenters. The Hall–Kier alpha value is -3.70. The van der Waals surface area contributed by atoms with E-state index in [9.17, 15) is 4.39 Å². The SMILES string of the molecule is Cn1cncc1-c1ccc2nc(F)nc(NC3CCN(c4nnnn4C)CC3)c2n1. The first-order valence-corrected chi connectivity index (χ1v) is 9.63. The maximum Gasteiger partial charge on any atom is 0.311 e. The van der Waals surface area contributed by atoms with Crippen LogP contribution in [0.15, 0.2) is 24.7 Å². The summed E-state index contributed by atoms with van der Waals surface area (Å²) in [6, 6.07) is 3.69. The van der Waals surface area contributed by atoms with Gasteiger partial charge in [-0.2, -0.15) is 9.37 Å². The fraction of sp³-hybridized carbons (Fsp3) is 0.389. The zero-order valence-electron chi connectivity index (χ0n) is 16.6. The second-order valence-electron chi connectivity index (χ2n) is 7.30. The van der Waals surface area contributed by atoms with E-state index in [1.54, 1.807) is 23.3 Å². The van der Waals surface area contributed by atoms with Crippen molar-refractivity contribution in [3.63, 3.8) is 0 Å².